The van der Waals surface area contributed by atoms with Crippen LogP contribution in [0.2, 0.25) is 0 Å². The summed E-state index contributed by atoms with van der Waals surface area (Å²) in [4.78, 5) is 27.3. The normalized spacial score (nSPS) is 17.8. The van der Waals surface area contributed by atoms with Gasteiger partial charge in [-0.2, -0.15) is 5.26 Å². The van der Waals surface area contributed by atoms with Gasteiger partial charge in [0.05, 0.1) is 12.0 Å². The van der Waals surface area contributed by atoms with Crippen LogP contribution in [-0.2, 0) is 23.3 Å². The molecule has 0 N–H and O–H groups in total. The summed E-state index contributed by atoms with van der Waals surface area (Å²) in [7, 11) is 0. The fourth-order valence-electron chi connectivity index (χ4n) is 5.80. The van der Waals surface area contributed by atoms with Crippen molar-refractivity contribution in [1.29, 1.82) is 5.26 Å². The number of benzene rings is 1. The Kier molecular flexibility index (Phi) is 5.88. The molecule has 1 spiro atoms. The van der Waals surface area contributed by atoms with Gasteiger partial charge in [0.15, 0.2) is 0 Å². The molecule has 1 amide bonds. The van der Waals surface area contributed by atoms with E-state index in [9.17, 15) is 10.1 Å². The Morgan fingerprint density at radius 3 is 2.60 bits per heavy atom. The summed E-state index contributed by atoms with van der Waals surface area (Å²) in [5.41, 5.74) is 3.53. The molecular formula is C28H34N6O. The fourth-order valence-corrected chi connectivity index (χ4v) is 5.80. The van der Waals surface area contributed by atoms with E-state index in [1.165, 1.54) is 5.56 Å². The molecule has 2 aliphatic rings. The minimum atomic E-state index is -0.435. The van der Waals surface area contributed by atoms with E-state index in [1.807, 2.05) is 11.0 Å². The molecule has 0 bridgehead atoms. The molecule has 0 saturated carbocycles. The van der Waals surface area contributed by atoms with Gasteiger partial charge in [0.25, 0.3) is 0 Å². The van der Waals surface area contributed by atoms with Gasteiger partial charge in [0.2, 0.25) is 11.7 Å². The van der Waals surface area contributed by atoms with Gasteiger partial charge >= 0.3 is 0 Å². The second kappa shape index (κ2) is 8.76. The van der Waals surface area contributed by atoms with Gasteiger partial charge in [-0.15, -0.1) is 0 Å². The number of nitriles is 1. The smallest absolute Gasteiger partial charge is 0.238 e. The largest absolute Gasteiger partial charge is 0.327 e. The molecular weight excluding hydrogens is 436 g/mol. The van der Waals surface area contributed by atoms with Gasteiger partial charge in [-0.3, -0.25) is 4.79 Å². The van der Waals surface area contributed by atoms with Crippen molar-refractivity contribution in [3.8, 4) is 6.07 Å². The topological polar surface area (TPSA) is 78.1 Å². The van der Waals surface area contributed by atoms with E-state index in [-0.39, 0.29) is 17.1 Å². The van der Waals surface area contributed by atoms with Crippen LogP contribution in [0.4, 0.5) is 5.69 Å². The summed E-state index contributed by atoms with van der Waals surface area (Å²) in [6, 6.07) is 12.5. The monoisotopic (exact) mass is 470 g/mol. The Labute approximate surface area is 207 Å². The second-order valence-electron chi connectivity index (χ2n) is 11.2. The van der Waals surface area contributed by atoms with Crippen LogP contribution in [0.25, 0.3) is 11.0 Å². The van der Waals surface area contributed by atoms with Crippen LogP contribution in [0.5, 0.6) is 0 Å². The average molecular weight is 471 g/mol. The standard InChI is InChI=1S/C28H34N6O/c1-5-12-32-13-10-28(11-14-32)22-8-6-7-9-23(22)33(26(28)35)18-21-15-20-17-30-24(16-29)31-25(20)34(21)19-27(2,3)4/h6-9,15,17H,5,10-14,18-19H2,1-4H3. The van der Waals surface area contributed by atoms with Crippen molar-refractivity contribution in [3.63, 3.8) is 0 Å². The Bertz CT molecular complexity index is 1300. The molecule has 0 atom stereocenters. The lowest BCUT2D eigenvalue weighted by atomic mass is 9.73. The predicted molar refractivity (Wildman–Crippen MR) is 137 cm³/mol. The predicted octanol–water partition coefficient (Wildman–Crippen LogP) is 4.64. The number of likely N-dealkylation sites (tertiary alicyclic amines) is 1. The summed E-state index contributed by atoms with van der Waals surface area (Å²) in [6.07, 6.45) is 4.58. The first-order chi connectivity index (χ1) is 16.8. The molecule has 0 radical (unpaired) electrons. The minimum absolute atomic E-state index is 0.00128. The summed E-state index contributed by atoms with van der Waals surface area (Å²) in [6.45, 7) is 13.0. The summed E-state index contributed by atoms with van der Waals surface area (Å²) in [5.74, 6) is 0.379. The highest BCUT2D eigenvalue weighted by atomic mass is 16.2. The lowest BCUT2D eigenvalue weighted by Gasteiger charge is -2.38. The zero-order valence-corrected chi connectivity index (χ0v) is 21.2. The maximum Gasteiger partial charge on any atom is 0.238 e. The third-order valence-electron chi connectivity index (χ3n) is 7.39. The van der Waals surface area contributed by atoms with E-state index in [2.05, 4.69) is 77.5 Å². The molecule has 0 unspecified atom stereocenters. The molecule has 4 heterocycles. The summed E-state index contributed by atoms with van der Waals surface area (Å²) in [5, 5.41) is 10.2. The van der Waals surface area contributed by atoms with Crippen LogP contribution in [0.3, 0.4) is 0 Å². The first-order valence-electron chi connectivity index (χ1n) is 12.6. The lowest BCUT2D eigenvalue weighted by molar-refractivity contribution is -0.125. The van der Waals surface area contributed by atoms with Gasteiger partial charge < -0.3 is 14.4 Å². The lowest BCUT2D eigenvalue weighted by Crippen LogP contribution is -2.48. The number of hydrogen-bond donors (Lipinski definition) is 0. The number of hydrogen-bond acceptors (Lipinski definition) is 5. The minimum Gasteiger partial charge on any atom is -0.327 e. The maximum absolute atomic E-state index is 14.1. The van der Waals surface area contributed by atoms with Crippen LogP contribution < -0.4 is 4.90 Å². The zero-order valence-electron chi connectivity index (χ0n) is 21.2. The van der Waals surface area contributed by atoms with Crippen molar-refractivity contribution in [2.24, 2.45) is 5.41 Å². The summed E-state index contributed by atoms with van der Waals surface area (Å²) >= 11 is 0. The van der Waals surface area contributed by atoms with E-state index in [0.717, 1.165) is 67.9 Å². The molecule has 1 aromatic carbocycles. The van der Waals surface area contributed by atoms with E-state index in [4.69, 9.17) is 0 Å². The number of carbonyl (C=O) groups excluding carboxylic acids is 1. The SMILES string of the molecule is CCCN1CCC2(CC1)C(=O)N(Cc1cc3cnc(C#N)nc3n1CC(C)(C)C)c1ccccc12. The van der Waals surface area contributed by atoms with Crippen LogP contribution in [0, 0.1) is 16.7 Å². The van der Waals surface area contributed by atoms with Gasteiger partial charge in [-0.1, -0.05) is 45.9 Å². The number of carbonyl (C=O) groups is 1. The highest BCUT2D eigenvalue weighted by molar-refractivity contribution is 6.08. The molecule has 2 aliphatic heterocycles. The highest BCUT2D eigenvalue weighted by Gasteiger charge is 2.51. The Hall–Kier alpha value is -3.24. The van der Waals surface area contributed by atoms with Crippen molar-refractivity contribution in [1.82, 2.24) is 19.4 Å². The molecule has 3 aromatic rings. The number of aromatic nitrogens is 3. The molecule has 0 aliphatic carbocycles. The number of anilines is 1. The van der Waals surface area contributed by atoms with Gasteiger partial charge in [-0.25, -0.2) is 9.97 Å². The Balaban J connectivity index is 1.54. The fraction of sp³-hybridized carbons (Fsp3) is 0.500. The van der Waals surface area contributed by atoms with Crippen LogP contribution >= 0.6 is 0 Å². The number of rotatable bonds is 5. The first-order valence-corrected chi connectivity index (χ1v) is 12.6. The average Bonchev–Trinajstić information content (AvgIpc) is 3.28. The van der Waals surface area contributed by atoms with Crippen LogP contribution in [0.1, 0.15) is 64.0 Å². The molecule has 5 rings (SSSR count). The highest BCUT2D eigenvalue weighted by Crippen LogP contribution is 2.48. The third-order valence-corrected chi connectivity index (χ3v) is 7.39. The van der Waals surface area contributed by atoms with E-state index in [1.54, 1.807) is 6.20 Å². The molecule has 2 aromatic heterocycles. The van der Waals surface area contributed by atoms with E-state index >= 15 is 0 Å². The van der Waals surface area contributed by atoms with Crippen molar-refractivity contribution in [2.45, 2.75) is 65.5 Å². The van der Waals surface area contributed by atoms with Crippen molar-refractivity contribution in [3.05, 3.63) is 53.6 Å². The van der Waals surface area contributed by atoms with E-state index in [0.29, 0.717) is 6.54 Å². The molecule has 1 saturated heterocycles. The second-order valence-corrected chi connectivity index (χ2v) is 11.2. The number of amides is 1. The molecule has 1 fully saturated rings. The third kappa shape index (κ3) is 4.10. The van der Waals surface area contributed by atoms with Gasteiger partial charge in [0.1, 0.15) is 11.7 Å². The molecule has 35 heavy (non-hydrogen) atoms. The number of piperidine rings is 1. The first kappa shape index (κ1) is 23.5. The molecule has 182 valence electrons. The zero-order chi connectivity index (χ0) is 24.8. The number of nitrogens with zero attached hydrogens (tertiary/aromatic N) is 6. The van der Waals surface area contributed by atoms with Crippen molar-refractivity contribution >= 4 is 22.6 Å². The van der Waals surface area contributed by atoms with Crippen molar-refractivity contribution in [2.75, 3.05) is 24.5 Å². The van der Waals surface area contributed by atoms with Crippen LogP contribution in [-0.4, -0.2) is 45.0 Å². The Morgan fingerprint density at radius 1 is 1.17 bits per heavy atom. The van der Waals surface area contributed by atoms with Crippen molar-refractivity contribution < 1.29 is 4.79 Å². The van der Waals surface area contributed by atoms with Gasteiger partial charge in [0, 0.05) is 29.5 Å². The maximum atomic E-state index is 14.1. The number of fused-ring (bicyclic) bond motifs is 3. The van der Waals surface area contributed by atoms with E-state index < -0.39 is 5.41 Å². The Morgan fingerprint density at radius 2 is 1.91 bits per heavy atom. The quantitative estimate of drug-likeness (QED) is 0.543. The van der Waals surface area contributed by atoms with Gasteiger partial charge in [-0.05, 0) is 62.0 Å². The molecule has 7 heteroatoms. The summed E-state index contributed by atoms with van der Waals surface area (Å²) < 4.78 is 2.17. The number of para-hydroxylation sites is 1. The molecule has 7 nitrogen and oxygen atoms in total. The van der Waals surface area contributed by atoms with Crippen LogP contribution in [0.15, 0.2) is 36.5 Å².